The number of nitrogens with zero attached hydrogens (tertiary/aromatic N) is 1. The molecule has 19 heavy (non-hydrogen) atoms. The highest BCUT2D eigenvalue weighted by molar-refractivity contribution is 6.21. The van der Waals surface area contributed by atoms with Crippen molar-refractivity contribution in [1.82, 2.24) is 4.90 Å². The van der Waals surface area contributed by atoms with Gasteiger partial charge in [0.1, 0.15) is 0 Å². The summed E-state index contributed by atoms with van der Waals surface area (Å²) in [5, 5.41) is 9.67. The van der Waals surface area contributed by atoms with Crippen LogP contribution in [0.2, 0.25) is 0 Å². The Kier molecular flexibility index (Phi) is 3.11. The van der Waals surface area contributed by atoms with Crippen LogP contribution in [0.15, 0.2) is 24.3 Å². The standard InChI is InChI=1S/C15H17NO3/c17-11-5-3-4-10(8-11)9-16-14(18)12-6-1-2-7-13(12)15(16)19/h1-2,6-7,10-11,17H,3-5,8-9H2/t10-,11-/m0/s1. The summed E-state index contributed by atoms with van der Waals surface area (Å²) in [6.07, 6.45) is 3.18. The van der Waals surface area contributed by atoms with Gasteiger partial charge in [0.2, 0.25) is 0 Å². The molecule has 0 spiro atoms. The van der Waals surface area contributed by atoms with Crippen LogP contribution >= 0.6 is 0 Å². The zero-order valence-corrected chi connectivity index (χ0v) is 10.7. The van der Waals surface area contributed by atoms with E-state index in [9.17, 15) is 14.7 Å². The molecular weight excluding hydrogens is 242 g/mol. The van der Waals surface area contributed by atoms with Crippen LogP contribution in [0.1, 0.15) is 46.4 Å². The minimum absolute atomic E-state index is 0.194. The van der Waals surface area contributed by atoms with Crippen LogP contribution < -0.4 is 0 Å². The van der Waals surface area contributed by atoms with Crippen molar-refractivity contribution in [3.05, 3.63) is 35.4 Å². The monoisotopic (exact) mass is 259 g/mol. The van der Waals surface area contributed by atoms with Crippen LogP contribution in [0.4, 0.5) is 0 Å². The lowest BCUT2D eigenvalue weighted by Gasteiger charge is -2.28. The number of aliphatic hydroxyl groups excluding tert-OH is 1. The first-order chi connectivity index (χ1) is 9.16. The second-order valence-corrected chi connectivity index (χ2v) is 5.45. The van der Waals surface area contributed by atoms with Gasteiger partial charge in [0, 0.05) is 6.54 Å². The molecule has 0 aromatic heterocycles. The van der Waals surface area contributed by atoms with E-state index < -0.39 is 0 Å². The number of amides is 2. The molecular formula is C15H17NO3. The first-order valence-electron chi connectivity index (χ1n) is 6.80. The fraction of sp³-hybridized carbons (Fsp3) is 0.467. The summed E-state index contributed by atoms with van der Waals surface area (Å²) in [5.74, 6) is -0.160. The maximum atomic E-state index is 12.2. The summed E-state index contributed by atoms with van der Waals surface area (Å²) in [5.41, 5.74) is 1.01. The Labute approximate surface area is 112 Å². The molecule has 100 valence electrons. The molecule has 0 bridgehead atoms. The molecule has 4 nitrogen and oxygen atoms in total. The molecule has 2 atom stereocenters. The molecule has 1 heterocycles. The predicted molar refractivity (Wildman–Crippen MR) is 69.8 cm³/mol. The molecule has 1 saturated carbocycles. The Morgan fingerprint density at radius 3 is 2.32 bits per heavy atom. The first kappa shape index (κ1) is 12.4. The normalized spacial score (nSPS) is 26.7. The van der Waals surface area contributed by atoms with E-state index in [1.54, 1.807) is 24.3 Å². The average Bonchev–Trinajstić information content (AvgIpc) is 2.65. The molecule has 1 fully saturated rings. The Balaban J connectivity index is 1.77. The van der Waals surface area contributed by atoms with Crippen molar-refractivity contribution in [2.75, 3.05) is 6.54 Å². The summed E-state index contributed by atoms with van der Waals surface area (Å²) >= 11 is 0. The van der Waals surface area contributed by atoms with Crippen LogP contribution in [0.3, 0.4) is 0 Å². The Bertz CT molecular complexity index is 491. The highest BCUT2D eigenvalue weighted by Gasteiger charge is 2.36. The lowest BCUT2D eigenvalue weighted by atomic mass is 9.87. The molecule has 1 N–H and O–H groups in total. The van der Waals surface area contributed by atoms with Gasteiger partial charge in [-0.3, -0.25) is 14.5 Å². The molecule has 2 amide bonds. The quantitative estimate of drug-likeness (QED) is 0.824. The molecule has 1 aromatic carbocycles. The van der Waals surface area contributed by atoms with Gasteiger partial charge in [0.25, 0.3) is 11.8 Å². The van der Waals surface area contributed by atoms with Gasteiger partial charge in [-0.15, -0.1) is 0 Å². The van der Waals surface area contributed by atoms with Crippen LogP contribution in [-0.4, -0.2) is 34.5 Å². The fourth-order valence-corrected chi connectivity index (χ4v) is 3.09. The number of aliphatic hydroxyl groups is 1. The summed E-state index contributed by atoms with van der Waals surface area (Å²) < 4.78 is 0. The van der Waals surface area contributed by atoms with Crippen LogP contribution in [-0.2, 0) is 0 Å². The van der Waals surface area contributed by atoms with Gasteiger partial charge in [-0.2, -0.15) is 0 Å². The maximum Gasteiger partial charge on any atom is 0.261 e. The number of hydrogen-bond donors (Lipinski definition) is 1. The second kappa shape index (κ2) is 4.78. The van der Waals surface area contributed by atoms with Crippen LogP contribution in [0.25, 0.3) is 0 Å². The van der Waals surface area contributed by atoms with Crippen LogP contribution in [0, 0.1) is 5.92 Å². The van der Waals surface area contributed by atoms with Crippen molar-refractivity contribution in [3.8, 4) is 0 Å². The summed E-state index contributed by atoms with van der Waals surface area (Å²) in [6.45, 7) is 0.434. The average molecular weight is 259 g/mol. The Morgan fingerprint density at radius 1 is 1.11 bits per heavy atom. The van der Waals surface area contributed by atoms with Crippen molar-refractivity contribution in [2.45, 2.75) is 31.8 Å². The third-order valence-electron chi connectivity index (χ3n) is 4.07. The van der Waals surface area contributed by atoms with E-state index >= 15 is 0 Å². The van der Waals surface area contributed by atoms with Gasteiger partial charge < -0.3 is 5.11 Å². The molecule has 2 aliphatic rings. The van der Waals surface area contributed by atoms with E-state index in [2.05, 4.69) is 0 Å². The molecule has 4 heteroatoms. The SMILES string of the molecule is O=C1c2ccccc2C(=O)N1C[C@H]1CCC[C@H](O)C1. The highest BCUT2D eigenvalue weighted by Crippen LogP contribution is 2.29. The maximum absolute atomic E-state index is 12.2. The summed E-state index contributed by atoms with van der Waals surface area (Å²) in [6, 6.07) is 6.95. The van der Waals surface area contributed by atoms with Gasteiger partial charge in [-0.05, 0) is 37.3 Å². The van der Waals surface area contributed by atoms with E-state index in [-0.39, 0.29) is 23.8 Å². The van der Waals surface area contributed by atoms with Gasteiger partial charge in [0.15, 0.2) is 0 Å². The lowest BCUT2D eigenvalue weighted by Crippen LogP contribution is -2.37. The number of rotatable bonds is 2. The largest absolute Gasteiger partial charge is 0.393 e. The Hall–Kier alpha value is -1.68. The van der Waals surface area contributed by atoms with E-state index in [0.717, 1.165) is 19.3 Å². The molecule has 1 aliphatic heterocycles. The lowest BCUT2D eigenvalue weighted by molar-refractivity contribution is 0.0541. The molecule has 1 aliphatic carbocycles. The van der Waals surface area contributed by atoms with Gasteiger partial charge in [0.05, 0.1) is 17.2 Å². The van der Waals surface area contributed by atoms with E-state index in [1.807, 2.05) is 0 Å². The minimum Gasteiger partial charge on any atom is -0.393 e. The van der Waals surface area contributed by atoms with E-state index in [1.165, 1.54) is 4.90 Å². The van der Waals surface area contributed by atoms with Crippen molar-refractivity contribution in [2.24, 2.45) is 5.92 Å². The molecule has 3 rings (SSSR count). The van der Waals surface area contributed by atoms with Crippen molar-refractivity contribution < 1.29 is 14.7 Å². The third kappa shape index (κ3) is 2.16. The third-order valence-corrected chi connectivity index (χ3v) is 4.07. The molecule has 0 unspecified atom stereocenters. The highest BCUT2D eigenvalue weighted by atomic mass is 16.3. The molecule has 0 radical (unpaired) electrons. The summed E-state index contributed by atoms with van der Waals surface area (Å²) in [7, 11) is 0. The minimum atomic E-state index is -0.283. The summed E-state index contributed by atoms with van der Waals surface area (Å²) in [4.78, 5) is 25.8. The smallest absolute Gasteiger partial charge is 0.261 e. The predicted octanol–water partition coefficient (Wildman–Crippen LogP) is 1.83. The van der Waals surface area contributed by atoms with Gasteiger partial charge >= 0.3 is 0 Å². The van der Waals surface area contributed by atoms with Gasteiger partial charge in [-0.1, -0.05) is 18.6 Å². The second-order valence-electron chi connectivity index (χ2n) is 5.45. The van der Waals surface area contributed by atoms with Crippen molar-refractivity contribution >= 4 is 11.8 Å². The number of carbonyl (C=O) groups is 2. The number of benzene rings is 1. The number of hydrogen-bond acceptors (Lipinski definition) is 3. The van der Waals surface area contributed by atoms with Crippen molar-refractivity contribution in [3.63, 3.8) is 0 Å². The zero-order valence-electron chi connectivity index (χ0n) is 10.7. The van der Waals surface area contributed by atoms with E-state index in [4.69, 9.17) is 0 Å². The van der Waals surface area contributed by atoms with Crippen LogP contribution in [0.5, 0.6) is 0 Å². The van der Waals surface area contributed by atoms with Crippen molar-refractivity contribution in [1.29, 1.82) is 0 Å². The van der Waals surface area contributed by atoms with E-state index in [0.29, 0.717) is 24.1 Å². The molecule has 0 saturated heterocycles. The first-order valence-corrected chi connectivity index (χ1v) is 6.80. The molecule has 1 aromatic rings. The number of imide groups is 1. The fourth-order valence-electron chi connectivity index (χ4n) is 3.09. The Morgan fingerprint density at radius 2 is 1.74 bits per heavy atom. The zero-order chi connectivity index (χ0) is 13.4. The topological polar surface area (TPSA) is 57.6 Å². The number of fused-ring (bicyclic) bond motifs is 1. The number of carbonyl (C=O) groups excluding carboxylic acids is 2. The van der Waals surface area contributed by atoms with Gasteiger partial charge in [-0.25, -0.2) is 0 Å².